The van der Waals surface area contributed by atoms with E-state index in [9.17, 15) is 4.79 Å². The average molecular weight is 325 g/mol. The fourth-order valence-corrected chi connectivity index (χ4v) is 2.86. The molecule has 112 valence electrons. The van der Waals surface area contributed by atoms with Crippen LogP contribution in [0.3, 0.4) is 0 Å². The molecule has 0 aliphatic heterocycles. The zero-order chi connectivity index (χ0) is 15.2. The Labute approximate surface area is 132 Å². The number of aryl methyl sites for hydroxylation is 1. The summed E-state index contributed by atoms with van der Waals surface area (Å²) in [5, 5.41) is 8.42. The van der Waals surface area contributed by atoms with E-state index in [0.29, 0.717) is 28.9 Å². The lowest BCUT2D eigenvalue weighted by molar-refractivity contribution is 0.0959. The van der Waals surface area contributed by atoms with Gasteiger partial charge in [0.05, 0.1) is 4.88 Å². The molecule has 0 aliphatic carbocycles. The van der Waals surface area contributed by atoms with Gasteiger partial charge in [-0.15, -0.1) is 11.3 Å². The normalized spacial score (nSPS) is 10.4. The van der Waals surface area contributed by atoms with Crippen molar-refractivity contribution < 1.29 is 4.79 Å². The van der Waals surface area contributed by atoms with Crippen molar-refractivity contribution in [3.8, 4) is 0 Å². The Balaban J connectivity index is 1.88. The van der Waals surface area contributed by atoms with Crippen molar-refractivity contribution in [3.05, 3.63) is 38.9 Å². The summed E-state index contributed by atoms with van der Waals surface area (Å²) in [5.74, 6) is 1.31. The Hall–Kier alpha value is -1.66. The molecule has 2 rings (SSSR count). The second kappa shape index (κ2) is 7.38. The number of aromatic nitrogens is 2. The summed E-state index contributed by atoms with van der Waals surface area (Å²) < 4.78 is 0. The molecule has 2 N–H and O–H groups in total. The lowest BCUT2D eigenvalue weighted by Crippen LogP contribution is -2.28. The van der Waals surface area contributed by atoms with Gasteiger partial charge in [-0.05, 0) is 24.8 Å². The molecule has 0 saturated carbocycles. The summed E-state index contributed by atoms with van der Waals surface area (Å²) in [4.78, 5) is 21.0. The van der Waals surface area contributed by atoms with Crippen molar-refractivity contribution in [2.75, 3.05) is 18.4 Å². The van der Waals surface area contributed by atoms with E-state index >= 15 is 0 Å². The van der Waals surface area contributed by atoms with E-state index in [1.54, 1.807) is 13.0 Å². The minimum Gasteiger partial charge on any atom is -0.368 e. The number of carbonyl (C=O) groups excluding carboxylic acids is 1. The lowest BCUT2D eigenvalue weighted by Gasteiger charge is -2.12. The van der Waals surface area contributed by atoms with E-state index in [1.165, 1.54) is 11.3 Å². The van der Waals surface area contributed by atoms with Crippen molar-refractivity contribution >= 4 is 34.7 Å². The van der Waals surface area contributed by atoms with Crippen LogP contribution in [0.5, 0.6) is 0 Å². The van der Waals surface area contributed by atoms with Crippen LogP contribution in [0.2, 0.25) is 5.15 Å². The number of rotatable bonds is 6. The first-order valence-electron chi connectivity index (χ1n) is 6.70. The van der Waals surface area contributed by atoms with Gasteiger partial charge < -0.3 is 10.6 Å². The molecule has 0 unspecified atom stereocenters. The van der Waals surface area contributed by atoms with Gasteiger partial charge in [0.15, 0.2) is 0 Å². The maximum atomic E-state index is 11.8. The number of hydrogen-bond acceptors (Lipinski definition) is 5. The first-order valence-corrected chi connectivity index (χ1v) is 7.96. The van der Waals surface area contributed by atoms with E-state index in [0.717, 1.165) is 17.8 Å². The molecule has 2 aromatic heterocycles. The van der Waals surface area contributed by atoms with Gasteiger partial charge in [0.25, 0.3) is 5.91 Å². The Kier molecular flexibility index (Phi) is 5.52. The molecule has 5 nitrogen and oxygen atoms in total. The van der Waals surface area contributed by atoms with Crippen LogP contribution >= 0.6 is 22.9 Å². The molecule has 2 aromatic rings. The predicted molar refractivity (Wildman–Crippen MR) is 86.3 cm³/mol. The number of nitrogens with zero attached hydrogens (tertiary/aromatic N) is 2. The fourth-order valence-electron chi connectivity index (χ4n) is 1.87. The third kappa shape index (κ3) is 4.15. The largest absolute Gasteiger partial charge is 0.368 e. The van der Waals surface area contributed by atoms with Crippen LogP contribution in [0.4, 0.5) is 5.82 Å². The van der Waals surface area contributed by atoms with Gasteiger partial charge in [-0.25, -0.2) is 9.97 Å². The predicted octanol–water partition coefficient (Wildman–Crippen LogP) is 2.90. The summed E-state index contributed by atoms with van der Waals surface area (Å²) in [6.07, 6.45) is 0.753. The minimum absolute atomic E-state index is 0.0561. The molecule has 1 amide bonds. The van der Waals surface area contributed by atoms with Crippen LogP contribution in [0, 0.1) is 6.92 Å². The number of hydrogen-bond donors (Lipinski definition) is 2. The van der Waals surface area contributed by atoms with Crippen LogP contribution < -0.4 is 10.6 Å². The fraction of sp³-hybridized carbons (Fsp3) is 0.357. The zero-order valence-electron chi connectivity index (χ0n) is 11.9. The van der Waals surface area contributed by atoms with Crippen LogP contribution in [-0.4, -0.2) is 29.0 Å². The van der Waals surface area contributed by atoms with Crippen LogP contribution in [0.1, 0.15) is 28.0 Å². The SMILES string of the molecule is CCc1c(Cl)nc(C)nc1NCCNC(=O)c1cccs1. The lowest BCUT2D eigenvalue weighted by atomic mass is 10.2. The number of amides is 1. The van der Waals surface area contributed by atoms with Crippen LogP contribution in [0.25, 0.3) is 0 Å². The Morgan fingerprint density at radius 1 is 1.38 bits per heavy atom. The van der Waals surface area contributed by atoms with Gasteiger partial charge in [-0.1, -0.05) is 24.6 Å². The van der Waals surface area contributed by atoms with Crippen molar-refractivity contribution in [2.45, 2.75) is 20.3 Å². The van der Waals surface area contributed by atoms with Crippen molar-refractivity contribution in [3.63, 3.8) is 0 Å². The number of carbonyl (C=O) groups is 1. The summed E-state index contributed by atoms with van der Waals surface area (Å²) in [7, 11) is 0. The minimum atomic E-state index is -0.0561. The third-order valence-electron chi connectivity index (χ3n) is 2.87. The number of halogens is 1. The molecular weight excluding hydrogens is 308 g/mol. The molecular formula is C14H17ClN4OS. The highest BCUT2D eigenvalue weighted by Crippen LogP contribution is 2.21. The van der Waals surface area contributed by atoms with E-state index in [1.807, 2.05) is 18.4 Å². The summed E-state index contributed by atoms with van der Waals surface area (Å²) in [6, 6.07) is 3.66. The Bertz CT molecular complexity index is 616. The quantitative estimate of drug-likeness (QED) is 0.633. The van der Waals surface area contributed by atoms with Gasteiger partial charge in [-0.3, -0.25) is 4.79 Å². The number of thiophene rings is 1. The first kappa shape index (κ1) is 15.7. The summed E-state index contributed by atoms with van der Waals surface area (Å²) in [5.41, 5.74) is 0.895. The van der Waals surface area contributed by atoms with E-state index < -0.39 is 0 Å². The Morgan fingerprint density at radius 3 is 2.86 bits per heavy atom. The molecule has 0 radical (unpaired) electrons. The van der Waals surface area contributed by atoms with Gasteiger partial charge in [0.2, 0.25) is 0 Å². The van der Waals surface area contributed by atoms with Crippen molar-refractivity contribution in [2.24, 2.45) is 0 Å². The standard InChI is InChI=1S/C14H17ClN4OS/c1-3-10-12(15)18-9(2)19-13(10)16-6-7-17-14(20)11-5-4-8-21-11/h4-5,8H,3,6-7H2,1-2H3,(H,17,20)(H,16,18,19). The van der Waals surface area contributed by atoms with Gasteiger partial charge in [-0.2, -0.15) is 0 Å². The molecule has 0 spiro atoms. The smallest absolute Gasteiger partial charge is 0.261 e. The summed E-state index contributed by atoms with van der Waals surface area (Å²) >= 11 is 7.53. The average Bonchev–Trinajstić information content (AvgIpc) is 2.97. The second-order valence-electron chi connectivity index (χ2n) is 4.40. The third-order valence-corrected chi connectivity index (χ3v) is 4.05. The zero-order valence-corrected chi connectivity index (χ0v) is 13.5. The molecule has 0 bridgehead atoms. The number of anilines is 1. The van der Waals surface area contributed by atoms with E-state index in [-0.39, 0.29) is 5.91 Å². The van der Waals surface area contributed by atoms with Gasteiger partial charge in [0, 0.05) is 18.7 Å². The second-order valence-corrected chi connectivity index (χ2v) is 5.71. The number of nitrogens with one attached hydrogen (secondary N) is 2. The highest BCUT2D eigenvalue weighted by molar-refractivity contribution is 7.12. The monoisotopic (exact) mass is 324 g/mol. The first-order chi connectivity index (χ1) is 10.1. The van der Waals surface area contributed by atoms with E-state index in [2.05, 4.69) is 20.6 Å². The van der Waals surface area contributed by atoms with Crippen LogP contribution in [0.15, 0.2) is 17.5 Å². The molecule has 0 aromatic carbocycles. The van der Waals surface area contributed by atoms with Crippen molar-refractivity contribution in [1.82, 2.24) is 15.3 Å². The summed E-state index contributed by atoms with van der Waals surface area (Å²) in [6.45, 7) is 4.90. The highest BCUT2D eigenvalue weighted by Gasteiger charge is 2.10. The Morgan fingerprint density at radius 2 is 2.19 bits per heavy atom. The van der Waals surface area contributed by atoms with Crippen LogP contribution in [-0.2, 0) is 6.42 Å². The molecule has 21 heavy (non-hydrogen) atoms. The maximum Gasteiger partial charge on any atom is 0.261 e. The molecule has 0 aliphatic rings. The van der Waals surface area contributed by atoms with Gasteiger partial charge in [0.1, 0.15) is 16.8 Å². The maximum absolute atomic E-state index is 11.8. The van der Waals surface area contributed by atoms with Gasteiger partial charge >= 0.3 is 0 Å². The molecule has 0 fully saturated rings. The molecule has 0 atom stereocenters. The molecule has 0 saturated heterocycles. The molecule has 7 heteroatoms. The topological polar surface area (TPSA) is 66.9 Å². The van der Waals surface area contributed by atoms with Crippen molar-refractivity contribution in [1.29, 1.82) is 0 Å². The van der Waals surface area contributed by atoms with E-state index in [4.69, 9.17) is 11.6 Å². The molecule has 2 heterocycles. The highest BCUT2D eigenvalue weighted by atomic mass is 35.5.